The Morgan fingerprint density at radius 1 is 1.19 bits per heavy atom. The predicted molar refractivity (Wildman–Crippen MR) is 123 cm³/mol. The molecular weight excluding hydrogens is 392 g/mol. The Kier molecular flexibility index (Phi) is 8.55. The van der Waals surface area contributed by atoms with Gasteiger partial charge in [-0.3, -0.25) is 4.99 Å². The van der Waals surface area contributed by atoms with E-state index in [0.29, 0.717) is 0 Å². The topological polar surface area (TPSA) is 85.6 Å². The molecule has 1 unspecified atom stereocenters. The maximum Gasteiger partial charge on any atom is 0.191 e. The molecule has 0 spiro atoms. The molecule has 2 N–H and O–H groups in total. The van der Waals surface area contributed by atoms with Gasteiger partial charge in [-0.05, 0) is 51.3 Å². The molecule has 1 aromatic carbocycles. The van der Waals surface area contributed by atoms with Gasteiger partial charge in [-0.1, -0.05) is 6.42 Å². The number of aryl methyl sites for hydroxylation is 2. The van der Waals surface area contributed by atoms with Gasteiger partial charge < -0.3 is 24.7 Å². The van der Waals surface area contributed by atoms with Gasteiger partial charge >= 0.3 is 0 Å². The van der Waals surface area contributed by atoms with Gasteiger partial charge in [0.2, 0.25) is 0 Å². The number of hydrogen-bond acceptors (Lipinski definition) is 5. The van der Waals surface area contributed by atoms with Crippen LogP contribution in [-0.2, 0) is 19.4 Å². The largest absolute Gasteiger partial charge is 0.497 e. The highest BCUT2D eigenvalue weighted by atomic mass is 16.5. The molecule has 1 aliphatic rings. The van der Waals surface area contributed by atoms with Gasteiger partial charge in [-0.2, -0.15) is 0 Å². The molecular formula is C23H36N6O2. The zero-order chi connectivity index (χ0) is 22.1. The standard InChI is InChI=1S/C23H36N6O2/c1-5-24-23(26-17(2)19-16-18(30-3)12-13-20(19)31-4)25-14-9-11-22-28-27-21-10-7-6-8-15-29(21)22/h12-13,16-17H,5-11,14-15H2,1-4H3,(H2,24,25,26). The summed E-state index contributed by atoms with van der Waals surface area (Å²) in [5, 5.41) is 15.6. The van der Waals surface area contributed by atoms with Gasteiger partial charge in [0.05, 0.1) is 20.3 Å². The number of methoxy groups -OCH3 is 2. The summed E-state index contributed by atoms with van der Waals surface area (Å²) in [5.74, 6) is 4.66. The minimum absolute atomic E-state index is 0.00937. The van der Waals surface area contributed by atoms with Crippen LogP contribution in [0.25, 0.3) is 0 Å². The fourth-order valence-electron chi connectivity index (χ4n) is 3.94. The van der Waals surface area contributed by atoms with Crippen LogP contribution in [-0.4, -0.2) is 48.0 Å². The highest BCUT2D eigenvalue weighted by molar-refractivity contribution is 5.80. The number of ether oxygens (including phenoxy) is 2. The van der Waals surface area contributed by atoms with E-state index < -0.39 is 0 Å². The highest BCUT2D eigenvalue weighted by Crippen LogP contribution is 2.29. The molecule has 1 aliphatic heterocycles. The predicted octanol–water partition coefficient (Wildman–Crippen LogP) is 3.27. The SMILES string of the molecule is CCNC(=NCCCc1nnc2n1CCCCC2)NC(C)c1cc(OC)ccc1OC. The molecule has 31 heavy (non-hydrogen) atoms. The smallest absolute Gasteiger partial charge is 0.191 e. The Hall–Kier alpha value is -2.77. The molecule has 170 valence electrons. The van der Waals surface area contributed by atoms with Crippen LogP contribution in [0, 0.1) is 0 Å². The first-order valence-electron chi connectivity index (χ1n) is 11.3. The number of nitrogens with zero attached hydrogens (tertiary/aromatic N) is 4. The van der Waals surface area contributed by atoms with Crippen LogP contribution in [0.2, 0.25) is 0 Å². The lowest BCUT2D eigenvalue weighted by molar-refractivity contribution is 0.394. The second-order valence-corrected chi connectivity index (χ2v) is 7.83. The fourth-order valence-corrected chi connectivity index (χ4v) is 3.94. The molecule has 3 rings (SSSR count). The zero-order valence-corrected chi connectivity index (χ0v) is 19.3. The van der Waals surface area contributed by atoms with Crippen molar-refractivity contribution < 1.29 is 9.47 Å². The molecule has 8 heteroatoms. The Balaban J connectivity index is 1.60. The minimum Gasteiger partial charge on any atom is -0.497 e. The molecule has 0 aliphatic carbocycles. The maximum absolute atomic E-state index is 5.53. The van der Waals surface area contributed by atoms with Gasteiger partial charge in [0, 0.05) is 38.0 Å². The average Bonchev–Trinajstić information content (AvgIpc) is 3.01. The quantitative estimate of drug-likeness (QED) is 0.362. The number of rotatable bonds is 9. The summed E-state index contributed by atoms with van der Waals surface area (Å²) in [6.45, 7) is 6.73. The molecule has 2 aromatic rings. The number of nitrogens with one attached hydrogen (secondary N) is 2. The van der Waals surface area contributed by atoms with Crippen molar-refractivity contribution in [3.63, 3.8) is 0 Å². The van der Waals surface area contributed by atoms with Crippen LogP contribution < -0.4 is 20.1 Å². The second-order valence-electron chi connectivity index (χ2n) is 7.83. The summed E-state index contributed by atoms with van der Waals surface area (Å²) >= 11 is 0. The molecule has 1 atom stereocenters. The highest BCUT2D eigenvalue weighted by Gasteiger charge is 2.15. The summed E-state index contributed by atoms with van der Waals surface area (Å²) in [6, 6.07) is 5.84. The van der Waals surface area contributed by atoms with Gasteiger partial charge in [-0.25, -0.2) is 0 Å². The number of hydrogen-bond donors (Lipinski definition) is 2. The van der Waals surface area contributed by atoms with Gasteiger partial charge in [-0.15, -0.1) is 10.2 Å². The lowest BCUT2D eigenvalue weighted by Crippen LogP contribution is -2.39. The molecule has 1 aromatic heterocycles. The molecule has 0 bridgehead atoms. The van der Waals surface area contributed by atoms with Crippen molar-refractivity contribution >= 4 is 5.96 Å². The number of aliphatic imine (C=N–C) groups is 1. The Morgan fingerprint density at radius 2 is 2.06 bits per heavy atom. The summed E-state index contributed by atoms with van der Waals surface area (Å²) in [4.78, 5) is 4.77. The van der Waals surface area contributed by atoms with E-state index >= 15 is 0 Å². The van der Waals surface area contributed by atoms with Gasteiger partial charge in [0.1, 0.15) is 23.1 Å². The monoisotopic (exact) mass is 428 g/mol. The summed E-state index contributed by atoms with van der Waals surface area (Å²) < 4.78 is 13.2. The van der Waals surface area contributed by atoms with Crippen LogP contribution in [0.3, 0.4) is 0 Å². The molecule has 0 saturated carbocycles. The van der Waals surface area contributed by atoms with E-state index in [4.69, 9.17) is 14.5 Å². The van der Waals surface area contributed by atoms with E-state index in [1.165, 1.54) is 19.3 Å². The van der Waals surface area contributed by atoms with E-state index in [1.807, 2.05) is 18.2 Å². The van der Waals surface area contributed by atoms with Crippen molar-refractivity contribution in [1.82, 2.24) is 25.4 Å². The van der Waals surface area contributed by atoms with Crippen LogP contribution in [0.4, 0.5) is 0 Å². The first-order valence-corrected chi connectivity index (χ1v) is 11.3. The van der Waals surface area contributed by atoms with Crippen LogP contribution in [0.15, 0.2) is 23.2 Å². The summed E-state index contributed by atoms with van der Waals surface area (Å²) in [6.07, 6.45) is 6.60. The molecule has 0 saturated heterocycles. The summed E-state index contributed by atoms with van der Waals surface area (Å²) in [5.41, 5.74) is 1.03. The molecule has 8 nitrogen and oxygen atoms in total. The third kappa shape index (κ3) is 6.12. The Bertz CT molecular complexity index is 864. The lowest BCUT2D eigenvalue weighted by Gasteiger charge is -2.20. The fraction of sp³-hybridized carbons (Fsp3) is 0.609. The first kappa shape index (κ1) is 22.9. The van der Waals surface area contributed by atoms with Crippen LogP contribution >= 0.6 is 0 Å². The van der Waals surface area contributed by atoms with Crippen molar-refractivity contribution in [2.24, 2.45) is 4.99 Å². The van der Waals surface area contributed by atoms with Crippen LogP contribution in [0.5, 0.6) is 11.5 Å². The second kappa shape index (κ2) is 11.6. The van der Waals surface area contributed by atoms with Crippen molar-refractivity contribution in [3.8, 4) is 11.5 Å². The third-order valence-corrected chi connectivity index (χ3v) is 5.62. The average molecular weight is 429 g/mol. The van der Waals surface area contributed by atoms with Crippen molar-refractivity contribution in [1.29, 1.82) is 0 Å². The Morgan fingerprint density at radius 3 is 2.84 bits per heavy atom. The maximum atomic E-state index is 5.53. The van der Waals surface area contributed by atoms with Gasteiger partial charge in [0.15, 0.2) is 5.96 Å². The van der Waals surface area contributed by atoms with Crippen molar-refractivity contribution in [3.05, 3.63) is 35.4 Å². The Labute approximate surface area is 185 Å². The number of guanidine groups is 1. The first-order chi connectivity index (χ1) is 15.2. The summed E-state index contributed by atoms with van der Waals surface area (Å²) in [7, 11) is 3.35. The number of benzene rings is 1. The van der Waals surface area contributed by atoms with E-state index in [9.17, 15) is 0 Å². The third-order valence-electron chi connectivity index (χ3n) is 5.62. The molecule has 0 amide bonds. The molecule has 0 radical (unpaired) electrons. The molecule has 2 heterocycles. The van der Waals surface area contributed by atoms with Crippen LogP contribution in [0.1, 0.15) is 62.8 Å². The zero-order valence-electron chi connectivity index (χ0n) is 19.3. The number of aromatic nitrogens is 3. The normalized spacial score (nSPS) is 15.0. The van der Waals surface area contributed by atoms with E-state index in [1.54, 1.807) is 14.2 Å². The van der Waals surface area contributed by atoms with Crippen molar-refractivity contribution in [2.45, 2.75) is 65.0 Å². The minimum atomic E-state index is 0.00937. The van der Waals surface area contributed by atoms with Gasteiger partial charge in [0.25, 0.3) is 0 Å². The van der Waals surface area contributed by atoms with E-state index in [0.717, 1.165) is 73.6 Å². The number of fused-ring (bicyclic) bond motifs is 1. The van der Waals surface area contributed by atoms with E-state index in [2.05, 4.69) is 39.2 Å². The molecule has 0 fully saturated rings. The van der Waals surface area contributed by atoms with Crippen molar-refractivity contribution in [2.75, 3.05) is 27.3 Å². The lowest BCUT2D eigenvalue weighted by atomic mass is 10.1. The van der Waals surface area contributed by atoms with E-state index in [-0.39, 0.29) is 6.04 Å².